The third-order valence-corrected chi connectivity index (χ3v) is 3.26. The zero-order chi connectivity index (χ0) is 13.0. The molecule has 0 bridgehead atoms. The van der Waals surface area contributed by atoms with Crippen molar-refractivity contribution in [3.05, 3.63) is 58.9 Å². The summed E-state index contributed by atoms with van der Waals surface area (Å²) in [7, 11) is 0. The number of nitrogens with zero attached hydrogens (tertiary/aromatic N) is 2. The van der Waals surface area contributed by atoms with Gasteiger partial charge in [0.1, 0.15) is 4.84 Å². The summed E-state index contributed by atoms with van der Waals surface area (Å²) in [5.41, 5.74) is 4.13. The number of hydrogen-bond donors (Lipinski definition) is 0. The number of aryl methyl sites for hydroxylation is 3. The van der Waals surface area contributed by atoms with Gasteiger partial charge in [-0.25, -0.2) is 0 Å². The van der Waals surface area contributed by atoms with Crippen LogP contribution in [0.3, 0.4) is 0 Å². The molecule has 94 valence electrons. The van der Waals surface area contributed by atoms with Crippen LogP contribution in [-0.2, 0) is 12.8 Å². The number of halogens is 2. The summed E-state index contributed by atoms with van der Waals surface area (Å²) in [5, 5.41) is 8.19. The molecule has 0 N–H and O–H groups in total. The molecule has 1 heterocycles. The fourth-order valence-corrected chi connectivity index (χ4v) is 1.95. The van der Waals surface area contributed by atoms with Gasteiger partial charge in [-0.15, -0.1) is 23.2 Å². The van der Waals surface area contributed by atoms with E-state index < -0.39 is 4.84 Å². The molecular weight excluding hydrogens is 267 g/mol. The van der Waals surface area contributed by atoms with Crippen molar-refractivity contribution in [2.75, 3.05) is 0 Å². The zero-order valence-electron chi connectivity index (χ0n) is 10.1. The molecule has 18 heavy (non-hydrogen) atoms. The van der Waals surface area contributed by atoms with Crippen LogP contribution in [-0.4, -0.2) is 10.2 Å². The van der Waals surface area contributed by atoms with Gasteiger partial charge in [0.2, 0.25) is 0 Å². The number of benzene rings is 1. The first-order valence-electron chi connectivity index (χ1n) is 5.81. The molecule has 0 atom stereocenters. The summed E-state index contributed by atoms with van der Waals surface area (Å²) in [5.74, 6) is 0. The molecule has 2 rings (SSSR count). The van der Waals surface area contributed by atoms with E-state index in [0.29, 0.717) is 0 Å². The second kappa shape index (κ2) is 6.17. The van der Waals surface area contributed by atoms with E-state index >= 15 is 0 Å². The second-order valence-corrected chi connectivity index (χ2v) is 5.30. The molecule has 0 radical (unpaired) electrons. The normalized spacial score (nSPS) is 10.9. The summed E-state index contributed by atoms with van der Waals surface area (Å²) in [4.78, 5) is -0.456. The van der Waals surface area contributed by atoms with Crippen LogP contribution in [0, 0.1) is 6.92 Å². The van der Waals surface area contributed by atoms with E-state index in [2.05, 4.69) is 22.3 Å². The standard InChI is InChI=1S/C14H14Cl2N2/c1-10-2-8-13(18-17-10)9-5-11-3-6-12(7-4-11)14(15)16/h2-4,6-8,14H,5,9H2,1H3. The van der Waals surface area contributed by atoms with E-state index in [-0.39, 0.29) is 0 Å². The second-order valence-electron chi connectivity index (χ2n) is 4.21. The smallest absolute Gasteiger partial charge is 0.132 e. The quantitative estimate of drug-likeness (QED) is 0.790. The van der Waals surface area contributed by atoms with Crippen LogP contribution in [0.15, 0.2) is 36.4 Å². The third kappa shape index (κ3) is 3.69. The molecule has 0 fully saturated rings. The highest BCUT2D eigenvalue weighted by atomic mass is 35.5. The third-order valence-electron chi connectivity index (χ3n) is 2.75. The molecule has 1 aromatic heterocycles. The lowest BCUT2D eigenvalue weighted by Crippen LogP contribution is -1.97. The average molecular weight is 281 g/mol. The fraction of sp³-hybridized carbons (Fsp3) is 0.286. The van der Waals surface area contributed by atoms with E-state index in [1.165, 1.54) is 5.56 Å². The van der Waals surface area contributed by atoms with Gasteiger partial charge in [0.15, 0.2) is 0 Å². The molecule has 2 aromatic rings. The van der Waals surface area contributed by atoms with Crippen LogP contribution in [0.25, 0.3) is 0 Å². The molecule has 0 amide bonds. The van der Waals surface area contributed by atoms with Crippen molar-refractivity contribution in [2.45, 2.75) is 24.6 Å². The Morgan fingerprint density at radius 1 is 0.944 bits per heavy atom. The Balaban J connectivity index is 1.95. The van der Waals surface area contributed by atoms with Crippen molar-refractivity contribution < 1.29 is 0 Å². The molecule has 0 unspecified atom stereocenters. The predicted octanol–water partition coefficient (Wildman–Crippen LogP) is 4.05. The summed E-state index contributed by atoms with van der Waals surface area (Å²) in [6.07, 6.45) is 1.82. The van der Waals surface area contributed by atoms with E-state index in [1.54, 1.807) is 0 Å². The minimum atomic E-state index is -0.456. The lowest BCUT2D eigenvalue weighted by molar-refractivity contribution is 0.844. The van der Waals surface area contributed by atoms with E-state index in [1.807, 2.05) is 31.2 Å². The summed E-state index contributed by atoms with van der Waals surface area (Å²) >= 11 is 11.6. The van der Waals surface area contributed by atoms with Gasteiger partial charge in [-0.2, -0.15) is 10.2 Å². The van der Waals surface area contributed by atoms with E-state index in [0.717, 1.165) is 29.8 Å². The molecule has 0 aliphatic heterocycles. The Kier molecular flexibility index (Phi) is 4.56. The maximum Gasteiger partial charge on any atom is 0.132 e. The number of rotatable bonds is 4. The van der Waals surface area contributed by atoms with Crippen LogP contribution in [0.5, 0.6) is 0 Å². The number of hydrogen-bond acceptors (Lipinski definition) is 2. The van der Waals surface area contributed by atoms with Crippen LogP contribution < -0.4 is 0 Å². The molecule has 2 nitrogen and oxygen atoms in total. The molecule has 0 spiro atoms. The largest absolute Gasteiger partial charge is 0.156 e. The molecule has 1 aromatic carbocycles. The predicted molar refractivity (Wildman–Crippen MR) is 75.1 cm³/mol. The first-order valence-corrected chi connectivity index (χ1v) is 6.68. The zero-order valence-corrected chi connectivity index (χ0v) is 11.6. The topological polar surface area (TPSA) is 25.8 Å². The van der Waals surface area contributed by atoms with Crippen molar-refractivity contribution in [3.63, 3.8) is 0 Å². The van der Waals surface area contributed by atoms with E-state index in [9.17, 15) is 0 Å². The van der Waals surface area contributed by atoms with E-state index in [4.69, 9.17) is 23.2 Å². The van der Waals surface area contributed by atoms with Gasteiger partial charge in [-0.1, -0.05) is 24.3 Å². The maximum absolute atomic E-state index is 5.79. The van der Waals surface area contributed by atoms with Crippen molar-refractivity contribution >= 4 is 23.2 Å². The van der Waals surface area contributed by atoms with Gasteiger partial charge in [-0.3, -0.25) is 0 Å². The molecular formula is C14H14Cl2N2. The van der Waals surface area contributed by atoms with Crippen molar-refractivity contribution in [2.24, 2.45) is 0 Å². The Morgan fingerprint density at radius 2 is 1.67 bits per heavy atom. The first-order chi connectivity index (χ1) is 8.65. The van der Waals surface area contributed by atoms with Gasteiger partial charge in [0.05, 0.1) is 11.4 Å². The highest BCUT2D eigenvalue weighted by molar-refractivity contribution is 6.44. The van der Waals surface area contributed by atoms with Crippen LogP contribution in [0.2, 0.25) is 0 Å². The van der Waals surface area contributed by atoms with Crippen LogP contribution in [0.1, 0.15) is 27.4 Å². The van der Waals surface area contributed by atoms with Gasteiger partial charge in [0, 0.05) is 0 Å². The minimum absolute atomic E-state index is 0.456. The van der Waals surface area contributed by atoms with Crippen LogP contribution >= 0.6 is 23.2 Å². The number of aromatic nitrogens is 2. The average Bonchev–Trinajstić information content (AvgIpc) is 2.38. The van der Waals surface area contributed by atoms with Crippen molar-refractivity contribution in [1.82, 2.24) is 10.2 Å². The molecule has 0 aliphatic carbocycles. The molecule has 4 heteroatoms. The van der Waals surface area contributed by atoms with Gasteiger partial charge in [0.25, 0.3) is 0 Å². The molecule has 0 aliphatic rings. The molecule has 0 saturated carbocycles. The maximum atomic E-state index is 5.79. The lowest BCUT2D eigenvalue weighted by Gasteiger charge is -2.04. The monoisotopic (exact) mass is 280 g/mol. The Labute approximate surface area is 117 Å². The Morgan fingerprint density at radius 3 is 2.22 bits per heavy atom. The summed E-state index contributed by atoms with van der Waals surface area (Å²) < 4.78 is 0. The lowest BCUT2D eigenvalue weighted by atomic mass is 10.1. The fourth-order valence-electron chi connectivity index (χ4n) is 1.66. The Bertz CT molecular complexity index is 492. The summed E-state index contributed by atoms with van der Waals surface area (Å²) in [6.45, 7) is 1.93. The molecule has 0 saturated heterocycles. The van der Waals surface area contributed by atoms with Crippen molar-refractivity contribution in [1.29, 1.82) is 0 Å². The first kappa shape index (κ1) is 13.3. The Hall–Kier alpha value is -1.12. The number of alkyl halides is 2. The minimum Gasteiger partial charge on any atom is -0.156 e. The SMILES string of the molecule is Cc1ccc(CCc2ccc(C(Cl)Cl)cc2)nn1. The van der Waals surface area contributed by atoms with Crippen LogP contribution in [0.4, 0.5) is 0 Å². The highest BCUT2D eigenvalue weighted by Crippen LogP contribution is 2.24. The summed E-state index contributed by atoms with van der Waals surface area (Å²) in [6, 6.07) is 12.0. The van der Waals surface area contributed by atoms with Gasteiger partial charge < -0.3 is 0 Å². The van der Waals surface area contributed by atoms with Crippen molar-refractivity contribution in [3.8, 4) is 0 Å². The van der Waals surface area contributed by atoms with Gasteiger partial charge in [-0.05, 0) is 43.0 Å². The van der Waals surface area contributed by atoms with Gasteiger partial charge >= 0.3 is 0 Å². The highest BCUT2D eigenvalue weighted by Gasteiger charge is 2.03.